The molecule has 1 aromatic carbocycles. The highest BCUT2D eigenvalue weighted by Crippen LogP contribution is 2.40. The van der Waals surface area contributed by atoms with E-state index in [0.717, 1.165) is 5.69 Å². The lowest BCUT2D eigenvalue weighted by molar-refractivity contribution is -0.153. The minimum absolute atomic E-state index is 0.0278. The van der Waals surface area contributed by atoms with Crippen LogP contribution in [0.15, 0.2) is 30.3 Å². The predicted octanol–water partition coefficient (Wildman–Crippen LogP) is 6.12. The van der Waals surface area contributed by atoms with Gasteiger partial charge in [-0.25, -0.2) is 18.2 Å². The molecule has 2 aromatic heterocycles. The molecule has 198 valence electrons. The average Bonchev–Trinajstić information content (AvgIpc) is 3.24. The second-order valence-corrected chi connectivity index (χ2v) is 10.2. The largest absolute Gasteiger partial charge is 0.481 e. The molecular weight excluding hydrogens is 507 g/mol. The van der Waals surface area contributed by atoms with Gasteiger partial charge in [0, 0.05) is 41.9 Å². The molecule has 3 aromatic rings. The first-order valence-corrected chi connectivity index (χ1v) is 12.4. The highest BCUT2D eigenvalue weighted by Gasteiger charge is 2.45. The van der Waals surface area contributed by atoms with Crippen molar-refractivity contribution in [3.63, 3.8) is 0 Å². The molecule has 0 spiro atoms. The third-order valence-corrected chi connectivity index (χ3v) is 7.29. The van der Waals surface area contributed by atoms with Crippen molar-refractivity contribution in [2.45, 2.75) is 58.8 Å². The van der Waals surface area contributed by atoms with Crippen molar-refractivity contribution < 1.29 is 23.1 Å². The molecule has 4 rings (SSSR count). The summed E-state index contributed by atoms with van der Waals surface area (Å²) in [6.07, 6.45) is -1.47. The molecule has 3 heterocycles. The van der Waals surface area contributed by atoms with Crippen molar-refractivity contribution in [2.24, 2.45) is 5.41 Å². The summed E-state index contributed by atoms with van der Waals surface area (Å²) >= 11 is 5.91. The van der Waals surface area contributed by atoms with Gasteiger partial charge in [0.1, 0.15) is 17.8 Å². The fourth-order valence-corrected chi connectivity index (χ4v) is 5.13. The summed E-state index contributed by atoms with van der Waals surface area (Å²) in [5.41, 5.74) is -0.450. The topological polar surface area (TPSA) is 94.1 Å². The molecule has 3 N–H and O–H groups in total. The first kappa shape index (κ1) is 26.9. The number of rotatable bonds is 8. The van der Waals surface area contributed by atoms with Crippen LogP contribution in [0.3, 0.4) is 0 Å². The van der Waals surface area contributed by atoms with E-state index in [0.29, 0.717) is 17.9 Å². The van der Waals surface area contributed by atoms with Gasteiger partial charge in [-0.3, -0.25) is 14.8 Å². The molecule has 0 radical (unpaired) electrons. The zero-order valence-corrected chi connectivity index (χ0v) is 21.5. The van der Waals surface area contributed by atoms with E-state index in [1.807, 2.05) is 18.7 Å². The number of carbonyl (C=O) groups is 1. The van der Waals surface area contributed by atoms with Gasteiger partial charge in [0.05, 0.1) is 16.1 Å². The Morgan fingerprint density at radius 3 is 2.70 bits per heavy atom. The molecule has 1 saturated heterocycles. The third-order valence-electron chi connectivity index (χ3n) is 7.00. The van der Waals surface area contributed by atoms with E-state index in [2.05, 4.69) is 20.5 Å². The summed E-state index contributed by atoms with van der Waals surface area (Å²) in [7, 11) is 0. The van der Waals surface area contributed by atoms with Crippen molar-refractivity contribution in [2.75, 3.05) is 11.9 Å². The monoisotopic (exact) mass is 535 g/mol. The molecule has 0 amide bonds. The number of nitrogens with zero attached hydrogens (tertiary/aromatic N) is 3. The number of halogens is 4. The van der Waals surface area contributed by atoms with E-state index in [1.165, 1.54) is 19.1 Å². The molecule has 0 saturated carbocycles. The number of hydrogen-bond donors (Lipinski definition) is 3. The lowest BCUT2D eigenvalue weighted by Crippen LogP contribution is -2.50. The zero-order valence-electron chi connectivity index (χ0n) is 20.8. The van der Waals surface area contributed by atoms with Crippen LogP contribution in [0.25, 0.3) is 0 Å². The molecular formula is C26H29ClF3N5O2. The molecule has 1 aliphatic rings. The van der Waals surface area contributed by atoms with Gasteiger partial charge in [-0.2, -0.15) is 5.10 Å². The number of pyridine rings is 1. The number of likely N-dealkylation sites (tertiary alicyclic amines) is 1. The lowest BCUT2D eigenvalue weighted by atomic mass is 9.72. The Hall–Kier alpha value is -3.11. The summed E-state index contributed by atoms with van der Waals surface area (Å²) in [6.45, 7) is 5.49. The standard InChI is InChI=1S/C26H29ClF3N5O2/c1-14-9-22(34-33-14)32-21-10-18(16(3)28)24(30)20(31-21)12-26(25(36)37)7-8-35(15(2)11-26)13-17-5-4-6-19(27)23(17)29/h4-6,9-10,15-16H,7-8,11-13H2,1-3H3,(H,36,37)(H2,31,32,33,34)/t15-,16-,26-/m1/s1. The first-order valence-electron chi connectivity index (χ1n) is 12.0. The predicted molar refractivity (Wildman–Crippen MR) is 135 cm³/mol. The van der Waals surface area contributed by atoms with Crippen LogP contribution in [0, 0.1) is 24.0 Å². The minimum Gasteiger partial charge on any atom is -0.481 e. The Balaban J connectivity index is 1.60. The number of aromatic nitrogens is 3. The maximum absolute atomic E-state index is 15.4. The second kappa shape index (κ2) is 10.7. The molecule has 0 unspecified atom stereocenters. The van der Waals surface area contributed by atoms with Crippen LogP contribution in [0.1, 0.15) is 55.4 Å². The smallest absolute Gasteiger partial charge is 0.310 e. The van der Waals surface area contributed by atoms with E-state index in [4.69, 9.17) is 11.6 Å². The van der Waals surface area contributed by atoms with Gasteiger partial charge in [-0.05, 0) is 52.3 Å². The fraction of sp³-hybridized carbons (Fsp3) is 0.423. The highest BCUT2D eigenvalue weighted by molar-refractivity contribution is 6.30. The van der Waals surface area contributed by atoms with E-state index in [1.54, 1.807) is 18.2 Å². The number of aliphatic carboxylic acids is 1. The zero-order chi connectivity index (χ0) is 26.9. The first-order chi connectivity index (χ1) is 17.5. The number of aryl methyl sites for hydroxylation is 1. The second-order valence-electron chi connectivity index (χ2n) is 9.78. The van der Waals surface area contributed by atoms with E-state index in [9.17, 15) is 18.7 Å². The van der Waals surface area contributed by atoms with Gasteiger partial charge >= 0.3 is 5.97 Å². The number of piperidine rings is 1. The van der Waals surface area contributed by atoms with E-state index >= 15 is 4.39 Å². The Kier molecular flexibility index (Phi) is 7.80. The number of carboxylic acid groups (broad SMARTS) is 1. The van der Waals surface area contributed by atoms with Crippen LogP contribution in [-0.2, 0) is 17.8 Å². The van der Waals surface area contributed by atoms with Crippen molar-refractivity contribution in [3.05, 3.63) is 69.5 Å². The van der Waals surface area contributed by atoms with Crippen LogP contribution in [0.4, 0.5) is 24.8 Å². The summed E-state index contributed by atoms with van der Waals surface area (Å²) in [6, 6.07) is 7.51. The van der Waals surface area contributed by atoms with Gasteiger partial charge < -0.3 is 10.4 Å². The fourth-order valence-electron chi connectivity index (χ4n) is 4.94. The van der Waals surface area contributed by atoms with E-state index in [-0.39, 0.29) is 53.9 Å². The van der Waals surface area contributed by atoms with Crippen molar-refractivity contribution in [1.82, 2.24) is 20.1 Å². The molecule has 1 fully saturated rings. The number of H-pyrrole nitrogens is 1. The summed E-state index contributed by atoms with van der Waals surface area (Å²) in [5, 5.41) is 20.0. The number of aromatic amines is 1. The molecule has 7 nitrogen and oxygen atoms in total. The molecule has 11 heteroatoms. The third kappa shape index (κ3) is 5.75. The Labute approximate surface area is 218 Å². The Morgan fingerprint density at radius 1 is 1.32 bits per heavy atom. The molecule has 0 bridgehead atoms. The van der Waals surface area contributed by atoms with Crippen molar-refractivity contribution in [3.8, 4) is 0 Å². The van der Waals surface area contributed by atoms with Gasteiger partial charge in [-0.1, -0.05) is 23.7 Å². The molecule has 1 aliphatic heterocycles. The Morgan fingerprint density at radius 2 is 2.08 bits per heavy atom. The number of alkyl halides is 1. The number of carboxylic acids is 1. The average molecular weight is 536 g/mol. The number of benzene rings is 1. The summed E-state index contributed by atoms with van der Waals surface area (Å²) in [4.78, 5) is 18.9. The van der Waals surface area contributed by atoms with Crippen molar-refractivity contribution >= 4 is 29.2 Å². The van der Waals surface area contributed by atoms with Crippen LogP contribution in [0.5, 0.6) is 0 Å². The number of anilines is 2. The lowest BCUT2D eigenvalue weighted by Gasteiger charge is -2.43. The van der Waals surface area contributed by atoms with Gasteiger partial charge in [0.2, 0.25) is 0 Å². The van der Waals surface area contributed by atoms with Crippen LogP contribution < -0.4 is 5.32 Å². The number of hydrogen-bond acceptors (Lipinski definition) is 5. The summed E-state index contributed by atoms with van der Waals surface area (Å²) < 4.78 is 44.1. The maximum atomic E-state index is 15.4. The molecule has 37 heavy (non-hydrogen) atoms. The van der Waals surface area contributed by atoms with E-state index < -0.39 is 29.2 Å². The maximum Gasteiger partial charge on any atom is 0.310 e. The molecule has 0 aliphatic carbocycles. The number of nitrogens with one attached hydrogen (secondary N) is 2. The SMILES string of the molecule is Cc1cc(Nc2cc([C@@H](C)F)c(F)c(C[C@@]3(C(=O)O)CCN(Cc4cccc(Cl)c4F)[C@H](C)C3)n2)n[nH]1. The van der Waals surface area contributed by atoms with Crippen LogP contribution in [-0.4, -0.2) is 43.7 Å². The summed E-state index contributed by atoms with van der Waals surface area (Å²) in [5.74, 6) is -1.84. The van der Waals surface area contributed by atoms with Gasteiger partial charge in [0.25, 0.3) is 0 Å². The van der Waals surface area contributed by atoms with Crippen LogP contribution in [0.2, 0.25) is 5.02 Å². The highest BCUT2D eigenvalue weighted by atomic mass is 35.5. The van der Waals surface area contributed by atoms with Gasteiger partial charge in [0.15, 0.2) is 11.6 Å². The molecule has 3 atom stereocenters. The Bertz CT molecular complexity index is 1300. The minimum atomic E-state index is -1.63. The van der Waals surface area contributed by atoms with Crippen LogP contribution >= 0.6 is 11.6 Å². The normalized spacial score (nSPS) is 21.1. The van der Waals surface area contributed by atoms with Gasteiger partial charge in [-0.15, -0.1) is 0 Å². The quantitative estimate of drug-likeness (QED) is 0.322. The van der Waals surface area contributed by atoms with Crippen molar-refractivity contribution in [1.29, 1.82) is 0 Å².